The van der Waals surface area contributed by atoms with Crippen molar-refractivity contribution in [2.45, 2.75) is 31.3 Å². The first-order valence-electron chi connectivity index (χ1n) is 6.82. The molecule has 0 aromatic rings. The smallest absolute Gasteiger partial charge is 0.319 e. The summed E-state index contributed by atoms with van der Waals surface area (Å²) in [6, 6.07) is 0.387. The van der Waals surface area contributed by atoms with Crippen LogP contribution in [-0.4, -0.2) is 79.6 Å². The largest absolute Gasteiger partial charge is 0.383 e. The third-order valence-electron chi connectivity index (χ3n) is 4.05. The topological polar surface area (TPSA) is 53.1 Å². The van der Waals surface area contributed by atoms with E-state index in [1.54, 1.807) is 26.1 Å². The van der Waals surface area contributed by atoms with E-state index in [1.807, 2.05) is 9.80 Å². The Morgan fingerprint density at radius 1 is 1.37 bits per heavy atom. The first-order valence-corrected chi connectivity index (χ1v) is 6.82. The summed E-state index contributed by atoms with van der Waals surface area (Å²) in [5.74, 6) is 0.192. The lowest BCUT2D eigenvalue weighted by Crippen LogP contribution is -2.55. The molecule has 0 aromatic carbocycles. The van der Waals surface area contributed by atoms with E-state index >= 15 is 0 Å². The lowest BCUT2D eigenvalue weighted by molar-refractivity contribution is -0.138. The zero-order valence-electron chi connectivity index (χ0n) is 12.0. The van der Waals surface area contributed by atoms with Gasteiger partial charge in [-0.3, -0.25) is 4.79 Å². The van der Waals surface area contributed by atoms with E-state index in [0.717, 1.165) is 19.4 Å². The first kappa shape index (κ1) is 14.1. The number of likely N-dealkylation sites (tertiary alicyclic amines) is 2. The van der Waals surface area contributed by atoms with Gasteiger partial charge < -0.3 is 19.4 Å². The molecule has 2 atom stereocenters. The normalized spacial score (nSPS) is 26.6. The van der Waals surface area contributed by atoms with Crippen LogP contribution in [0.1, 0.15) is 19.3 Å². The summed E-state index contributed by atoms with van der Waals surface area (Å²) >= 11 is 0. The predicted molar refractivity (Wildman–Crippen MR) is 70.8 cm³/mol. The number of amides is 3. The lowest BCUT2D eigenvalue weighted by Gasteiger charge is -2.40. The van der Waals surface area contributed by atoms with Crippen LogP contribution < -0.4 is 0 Å². The summed E-state index contributed by atoms with van der Waals surface area (Å²) in [5.41, 5.74) is 0. The van der Waals surface area contributed by atoms with Gasteiger partial charge in [0, 0.05) is 40.7 Å². The summed E-state index contributed by atoms with van der Waals surface area (Å²) in [7, 11) is 5.18. The zero-order valence-corrected chi connectivity index (χ0v) is 12.0. The van der Waals surface area contributed by atoms with E-state index in [1.165, 1.54) is 0 Å². The molecule has 2 aliphatic heterocycles. The average Bonchev–Trinajstić information content (AvgIpc) is 2.80. The minimum Gasteiger partial charge on any atom is -0.383 e. The Morgan fingerprint density at radius 2 is 2.11 bits per heavy atom. The van der Waals surface area contributed by atoms with E-state index in [2.05, 4.69) is 0 Å². The van der Waals surface area contributed by atoms with Crippen LogP contribution in [0.2, 0.25) is 0 Å². The zero-order chi connectivity index (χ0) is 14.0. The molecule has 6 heteroatoms. The Kier molecular flexibility index (Phi) is 4.29. The number of urea groups is 1. The number of fused-ring (bicyclic) bond motifs is 1. The SMILES string of the molecule is COCCN1C(=O)CC[C@@H]2[C@H]1CCN2C(=O)N(C)C. The number of carbonyl (C=O) groups is 2. The summed E-state index contributed by atoms with van der Waals surface area (Å²) in [5, 5.41) is 0. The Balaban J connectivity index is 2.07. The van der Waals surface area contributed by atoms with Crippen LogP contribution in [0, 0.1) is 0 Å². The molecule has 2 fully saturated rings. The minimum absolute atomic E-state index is 0.0496. The summed E-state index contributed by atoms with van der Waals surface area (Å²) in [6.45, 7) is 1.92. The molecule has 2 saturated heterocycles. The van der Waals surface area contributed by atoms with Crippen LogP contribution in [0.25, 0.3) is 0 Å². The Hall–Kier alpha value is -1.30. The quantitative estimate of drug-likeness (QED) is 0.744. The van der Waals surface area contributed by atoms with Crippen LogP contribution >= 0.6 is 0 Å². The molecule has 0 aliphatic carbocycles. The van der Waals surface area contributed by atoms with Gasteiger partial charge in [-0.15, -0.1) is 0 Å². The van der Waals surface area contributed by atoms with Gasteiger partial charge in [0.2, 0.25) is 5.91 Å². The molecule has 2 heterocycles. The van der Waals surface area contributed by atoms with E-state index < -0.39 is 0 Å². The third kappa shape index (κ3) is 2.68. The standard InChI is InChI=1S/C13H23N3O3/c1-14(2)13(18)16-7-6-11-10(16)4-5-12(17)15(11)8-9-19-3/h10-11H,4-9H2,1-3H3/t10-,11-/m1/s1. The van der Waals surface area contributed by atoms with E-state index in [4.69, 9.17) is 4.74 Å². The van der Waals surface area contributed by atoms with Gasteiger partial charge in [-0.05, 0) is 12.8 Å². The molecule has 0 saturated carbocycles. The van der Waals surface area contributed by atoms with Crippen LogP contribution in [0.4, 0.5) is 4.79 Å². The predicted octanol–water partition coefficient (Wildman–Crippen LogP) is 0.380. The molecule has 0 aromatic heterocycles. The number of hydrogen-bond acceptors (Lipinski definition) is 3. The number of piperidine rings is 1. The molecule has 2 aliphatic rings. The van der Waals surface area contributed by atoms with Gasteiger partial charge in [0.15, 0.2) is 0 Å². The molecule has 108 valence electrons. The van der Waals surface area contributed by atoms with Gasteiger partial charge in [0.1, 0.15) is 0 Å². The fourth-order valence-corrected chi connectivity index (χ4v) is 3.12. The molecule has 0 bridgehead atoms. The van der Waals surface area contributed by atoms with Crippen LogP contribution in [-0.2, 0) is 9.53 Å². The van der Waals surface area contributed by atoms with Gasteiger partial charge in [-0.25, -0.2) is 4.79 Å². The highest BCUT2D eigenvalue weighted by Gasteiger charge is 2.44. The van der Waals surface area contributed by atoms with Crippen molar-refractivity contribution in [3.05, 3.63) is 0 Å². The fourth-order valence-electron chi connectivity index (χ4n) is 3.12. The molecular formula is C13H23N3O3. The second kappa shape index (κ2) is 5.77. The van der Waals surface area contributed by atoms with Crippen molar-refractivity contribution < 1.29 is 14.3 Å². The molecule has 0 spiro atoms. The molecule has 0 N–H and O–H groups in total. The van der Waals surface area contributed by atoms with E-state index in [9.17, 15) is 9.59 Å². The number of carbonyl (C=O) groups excluding carboxylic acids is 2. The van der Waals surface area contributed by atoms with Gasteiger partial charge in [0.25, 0.3) is 0 Å². The highest BCUT2D eigenvalue weighted by Crippen LogP contribution is 2.31. The van der Waals surface area contributed by atoms with Crippen molar-refractivity contribution in [1.82, 2.24) is 14.7 Å². The van der Waals surface area contributed by atoms with Crippen molar-refractivity contribution >= 4 is 11.9 Å². The maximum Gasteiger partial charge on any atom is 0.319 e. The molecule has 3 amide bonds. The summed E-state index contributed by atoms with van der Waals surface area (Å²) in [6.07, 6.45) is 2.19. The molecular weight excluding hydrogens is 246 g/mol. The van der Waals surface area contributed by atoms with Gasteiger partial charge in [0.05, 0.1) is 18.7 Å². The van der Waals surface area contributed by atoms with Gasteiger partial charge in [-0.2, -0.15) is 0 Å². The van der Waals surface area contributed by atoms with Crippen molar-refractivity contribution in [2.75, 3.05) is 40.9 Å². The van der Waals surface area contributed by atoms with Crippen LogP contribution in [0.15, 0.2) is 0 Å². The van der Waals surface area contributed by atoms with Crippen molar-refractivity contribution in [1.29, 1.82) is 0 Å². The molecule has 2 rings (SSSR count). The minimum atomic E-state index is 0.0496. The third-order valence-corrected chi connectivity index (χ3v) is 4.05. The summed E-state index contributed by atoms with van der Waals surface area (Å²) < 4.78 is 5.07. The maximum absolute atomic E-state index is 12.1. The van der Waals surface area contributed by atoms with E-state index in [-0.39, 0.29) is 24.0 Å². The lowest BCUT2D eigenvalue weighted by atomic mass is 9.96. The number of nitrogens with zero attached hydrogens (tertiary/aromatic N) is 3. The van der Waals surface area contributed by atoms with Crippen molar-refractivity contribution in [3.8, 4) is 0 Å². The molecule has 6 nitrogen and oxygen atoms in total. The van der Waals surface area contributed by atoms with Crippen molar-refractivity contribution in [2.24, 2.45) is 0 Å². The highest BCUT2D eigenvalue weighted by atomic mass is 16.5. The van der Waals surface area contributed by atoms with Gasteiger partial charge in [-0.1, -0.05) is 0 Å². The monoisotopic (exact) mass is 269 g/mol. The molecule has 0 unspecified atom stereocenters. The highest BCUT2D eigenvalue weighted by molar-refractivity contribution is 5.79. The summed E-state index contributed by atoms with van der Waals surface area (Å²) in [4.78, 5) is 29.6. The first-order chi connectivity index (χ1) is 9.06. The Morgan fingerprint density at radius 3 is 2.74 bits per heavy atom. The van der Waals surface area contributed by atoms with Crippen LogP contribution in [0.3, 0.4) is 0 Å². The second-order valence-electron chi connectivity index (χ2n) is 5.41. The Bertz CT molecular complexity index is 359. The number of hydrogen-bond donors (Lipinski definition) is 0. The van der Waals surface area contributed by atoms with Gasteiger partial charge >= 0.3 is 6.03 Å². The Labute approximate surface area is 114 Å². The molecule has 0 radical (unpaired) electrons. The molecule has 19 heavy (non-hydrogen) atoms. The maximum atomic E-state index is 12.1. The van der Waals surface area contributed by atoms with E-state index in [0.29, 0.717) is 19.6 Å². The second-order valence-corrected chi connectivity index (χ2v) is 5.41. The number of ether oxygens (including phenoxy) is 1. The number of rotatable bonds is 3. The fraction of sp³-hybridized carbons (Fsp3) is 0.846. The van der Waals surface area contributed by atoms with Crippen molar-refractivity contribution in [3.63, 3.8) is 0 Å². The number of methoxy groups -OCH3 is 1. The average molecular weight is 269 g/mol. The van der Waals surface area contributed by atoms with Crippen LogP contribution in [0.5, 0.6) is 0 Å².